The van der Waals surface area contributed by atoms with Crippen LogP contribution in [-0.4, -0.2) is 90.6 Å². The van der Waals surface area contributed by atoms with Crippen molar-refractivity contribution >= 4 is 28.7 Å². The number of aliphatic hydroxyl groups excluding tert-OH is 3. The summed E-state index contributed by atoms with van der Waals surface area (Å²) in [5.41, 5.74) is 2.43. The molecular formula is C24H32N6O4S. The lowest BCUT2D eigenvalue weighted by molar-refractivity contribution is -0.0629. The quantitative estimate of drug-likeness (QED) is 0.280. The first kappa shape index (κ1) is 24.4. The minimum absolute atomic E-state index is 0.0954. The molecule has 2 fully saturated rings. The molecule has 188 valence electrons. The van der Waals surface area contributed by atoms with Crippen molar-refractivity contribution in [2.45, 2.75) is 67.7 Å². The van der Waals surface area contributed by atoms with Gasteiger partial charge in [-0.3, -0.25) is 0 Å². The standard InChI is InChI=1S/C24H32N6O4S/c1-3-11-35-24-25-22(29(2)16-12-15(16)14-7-5-4-6-8-14)19-23(26-24)30(28-27-19)17-13-18(34-10-9-31)21(33)20(17)32/h4-8,15-18,20-21,31-33H,3,9-13H2,1-2H3/t15?,16?,17-,18+,20+,21-/m1/s1. The molecule has 0 saturated heterocycles. The number of aromatic nitrogens is 5. The summed E-state index contributed by atoms with van der Waals surface area (Å²) in [6.07, 6.45) is -0.400. The van der Waals surface area contributed by atoms with E-state index in [1.54, 1.807) is 16.4 Å². The summed E-state index contributed by atoms with van der Waals surface area (Å²) in [4.78, 5) is 11.8. The maximum atomic E-state index is 10.8. The zero-order valence-electron chi connectivity index (χ0n) is 19.9. The topological polar surface area (TPSA) is 130 Å². The predicted molar refractivity (Wildman–Crippen MR) is 133 cm³/mol. The molecular weight excluding hydrogens is 468 g/mol. The number of aliphatic hydroxyl groups is 3. The lowest BCUT2D eigenvalue weighted by Crippen LogP contribution is -2.33. The highest BCUT2D eigenvalue weighted by Gasteiger charge is 2.46. The summed E-state index contributed by atoms with van der Waals surface area (Å²) < 4.78 is 7.14. The Labute approximate surface area is 208 Å². The number of thioether (sulfide) groups is 1. The average molecular weight is 501 g/mol. The maximum Gasteiger partial charge on any atom is 0.191 e. The molecule has 2 unspecified atom stereocenters. The van der Waals surface area contributed by atoms with Crippen molar-refractivity contribution < 1.29 is 20.1 Å². The fourth-order valence-electron chi connectivity index (χ4n) is 4.93. The average Bonchev–Trinajstić information content (AvgIpc) is 3.51. The van der Waals surface area contributed by atoms with Gasteiger partial charge >= 0.3 is 0 Å². The van der Waals surface area contributed by atoms with Crippen molar-refractivity contribution in [1.29, 1.82) is 0 Å². The highest BCUT2D eigenvalue weighted by molar-refractivity contribution is 7.99. The number of benzene rings is 1. The molecule has 0 bridgehead atoms. The van der Waals surface area contributed by atoms with Gasteiger partial charge in [0.25, 0.3) is 0 Å². The molecule has 2 aliphatic rings. The molecule has 11 heteroatoms. The van der Waals surface area contributed by atoms with Crippen LogP contribution in [-0.2, 0) is 4.74 Å². The Morgan fingerprint density at radius 3 is 2.69 bits per heavy atom. The third-order valence-electron chi connectivity index (χ3n) is 6.87. The van der Waals surface area contributed by atoms with E-state index in [1.165, 1.54) is 5.56 Å². The van der Waals surface area contributed by atoms with Gasteiger partial charge in [0, 0.05) is 31.2 Å². The van der Waals surface area contributed by atoms with Gasteiger partial charge in [-0.05, 0) is 18.4 Å². The molecule has 6 atom stereocenters. The summed E-state index contributed by atoms with van der Waals surface area (Å²) in [6.45, 7) is 2.06. The van der Waals surface area contributed by atoms with Crippen molar-refractivity contribution in [3.05, 3.63) is 35.9 Å². The SMILES string of the molecule is CCCSc1nc(N(C)C2CC2c2ccccc2)c2nnn([C@@H]3C[C@H](OCCO)[C@@H](O)[C@H]3O)c2n1. The predicted octanol–water partition coefficient (Wildman–Crippen LogP) is 1.76. The highest BCUT2D eigenvalue weighted by Crippen LogP contribution is 2.46. The van der Waals surface area contributed by atoms with Gasteiger partial charge in [0.05, 0.1) is 25.4 Å². The van der Waals surface area contributed by atoms with Crippen LogP contribution < -0.4 is 4.90 Å². The third kappa shape index (κ3) is 4.75. The van der Waals surface area contributed by atoms with Crippen molar-refractivity contribution in [3.8, 4) is 0 Å². The number of hydrogen-bond acceptors (Lipinski definition) is 10. The molecule has 3 N–H and O–H groups in total. The second kappa shape index (κ2) is 10.4. The second-order valence-electron chi connectivity index (χ2n) is 9.23. The van der Waals surface area contributed by atoms with E-state index in [0.717, 1.165) is 24.4 Å². The van der Waals surface area contributed by atoms with Crippen molar-refractivity contribution in [2.75, 3.05) is 30.9 Å². The Hall–Kier alpha value is -2.31. The molecule has 1 aromatic carbocycles. The van der Waals surface area contributed by atoms with E-state index in [9.17, 15) is 10.2 Å². The van der Waals surface area contributed by atoms with E-state index in [0.29, 0.717) is 34.7 Å². The van der Waals surface area contributed by atoms with Gasteiger partial charge < -0.3 is 25.0 Å². The van der Waals surface area contributed by atoms with Crippen LogP contribution in [0.5, 0.6) is 0 Å². The lowest BCUT2D eigenvalue weighted by atomic mass is 10.1. The first-order valence-corrected chi connectivity index (χ1v) is 13.1. The summed E-state index contributed by atoms with van der Waals surface area (Å²) >= 11 is 1.58. The summed E-state index contributed by atoms with van der Waals surface area (Å²) in [5, 5.41) is 39.8. The molecule has 2 saturated carbocycles. The Morgan fingerprint density at radius 1 is 1.14 bits per heavy atom. The van der Waals surface area contributed by atoms with Crippen LogP contribution in [0.3, 0.4) is 0 Å². The van der Waals surface area contributed by atoms with Gasteiger partial charge in [-0.2, -0.15) is 0 Å². The van der Waals surface area contributed by atoms with Crippen LogP contribution in [0.4, 0.5) is 5.82 Å². The van der Waals surface area contributed by atoms with Gasteiger partial charge in [0.2, 0.25) is 0 Å². The van der Waals surface area contributed by atoms with Crippen molar-refractivity contribution in [1.82, 2.24) is 25.0 Å². The Kier molecular flexibility index (Phi) is 7.21. The smallest absolute Gasteiger partial charge is 0.191 e. The first-order valence-electron chi connectivity index (χ1n) is 12.2. The Morgan fingerprint density at radius 2 is 1.94 bits per heavy atom. The van der Waals surface area contributed by atoms with Crippen LogP contribution in [0.25, 0.3) is 11.2 Å². The van der Waals surface area contributed by atoms with E-state index in [2.05, 4.69) is 46.4 Å². The number of ether oxygens (including phenoxy) is 1. The van der Waals surface area contributed by atoms with Gasteiger partial charge in [-0.25, -0.2) is 14.6 Å². The van der Waals surface area contributed by atoms with E-state index in [1.807, 2.05) is 13.1 Å². The van der Waals surface area contributed by atoms with E-state index in [-0.39, 0.29) is 13.2 Å². The van der Waals surface area contributed by atoms with Crippen LogP contribution >= 0.6 is 11.8 Å². The zero-order chi connectivity index (χ0) is 24.5. The lowest BCUT2D eigenvalue weighted by Gasteiger charge is -2.20. The number of rotatable bonds is 10. The van der Waals surface area contributed by atoms with Gasteiger partial charge in [0.15, 0.2) is 22.1 Å². The fraction of sp³-hybridized carbons (Fsp3) is 0.583. The number of nitrogens with zero attached hydrogens (tertiary/aromatic N) is 6. The van der Waals surface area contributed by atoms with E-state index >= 15 is 0 Å². The molecule has 0 aliphatic heterocycles. The minimum atomic E-state index is -1.09. The van der Waals surface area contributed by atoms with Gasteiger partial charge in [-0.15, -0.1) is 5.10 Å². The molecule has 3 aromatic rings. The monoisotopic (exact) mass is 500 g/mol. The fourth-order valence-corrected chi connectivity index (χ4v) is 5.62. The van der Waals surface area contributed by atoms with Crippen molar-refractivity contribution in [2.24, 2.45) is 0 Å². The summed E-state index contributed by atoms with van der Waals surface area (Å²) in [6, 6.07) is 10.2. The summed E-state index contributed by atoms with van der Waals surface area (Å²) in [7, 11) is 2.04. The maximum absolute atomic E-state index is 10.8. The van der Waals surface area contributed by atoms with Gasteiger partial charge in [0.1, 0.15) is 12.2 Å². The molecule has 10 nitrogen and oxygen atoms in total. The molecule has 5 rings (SSSR count). The number of anilines is 1. The second-order valence-corrected chi connectivity index (χ2v) is 10.3. The third-order valence-corrected chi connectivity index (χ3v) is 7.93. The largest absolute Gasteiger partial charge is 0.394 e. The minimum Gasteiger partial charge on any atom is -0.394 e. The molecule has 35 heavy (non-hydrogen) atoms. The molecule has 2 heterocycles. The molecule has 0 radical (unpaired) electrons. The zero-order valence-corrected chi connectivity index (χ0v) is 20.8. The number of hydrogen-bond donors (Lipinski definition) is 3. The molecule has 0 amide bonds. The molecule has 2 aromatic heterocycles. The van der Waals surface area contributed by atoms with Gasteiger partial charge in [-0.1, -0.05) is 54.2 Å². The highest BCUT2D eigenvalue weighted by atomic mass is 32.2. The molecule has 2 aliphatic carbocycles. The first-order chi connectivity index (χ1) is 17.0. The van der Waals surface area contributed by atoms with Crippen molar-refractivity contribution in [3.63, 3.8) is 0 Å². The number of likely N-dealkylation sites (N-methyl/N-ethyl adjacent to an activating group) is 1. The van der Waals surface area contributed by atoms with E-state index < -0.39 is 24.4 Å². The molecule has 0 spiro atoms. The van der Waals surface area contributed by atoms with Crippen LogP contribution in [0.1, 0.15) is 43.7 Å². The number of fused-ring (bicyclic) bond motifs is 1. The Balaban J connectivity index is 1.47. The van der Waals surface area contributed by atoms with Crippen LogP contribution in [0.15, 0.2) is 35.5 Å². The van der Waals surface area contributed by atoms with Crippen LogP contribution in [0, 0.1) is 0 Å². The normalized spacial score (nSPS) is 28.0. The van der Waals surface area contributed by atoms with E-state index in [4.69, 9.17) is 19.8 Å². The van der Waals surface area contributed by atoms with Crippen LogP contribution in [0.2, 0.25) is 0 Å². The Bertz CT molecular complexity index is 1150. The summed E-state index contributed by atoms with van der Waals surface area (Å²) in [5.74, 6) is 2.04.